The predicted octanol–water partition coefficient (Wildman–Crippen LogP) is 2.73. The quantitative estimate of drug-likeness (QED) is 0.791. The van der Waals surface area contributed by atoms with Gasteiger partial charge in [-0.3, -0.25) is 19.3 Å². The van der Waals surface area contributed by atoms with E-state index in [1.165, 1.54) is 38.5 Å². The summed E-state index contributed by atoms with van der Waals surface area (Å²) in [6.45, 7) is -0.583. The number of benzene rings is 2. The Bertz CT molecular complexity index is 963. The van der Waals surface area contributed by atoms with Gasteiger partial charge in [-0.05, 0) is 12.1 Å². The van der Waals surface area contributed by atoms with Gasteiger partial charge in [-0.2, -0.15) is 0 Å². The number of ether oxygens (including phenoxy) is 2. The van der Waals surface area contributed by atoms with Crippen molar-refractivity contribution in [1.29, 1.82) is 0 Å². The van der Waals surface area contributed by atoms with Crippen LogP contribution < -0.4 is 14.8 Å². The van der Waals surface area contributed by atoms with Crippen molar-refractivity contribution in [3.63, 3.8) is 0 Å². The van der Waals surface area contributed by atoms with E-state index in [9.17, 15) is 18.8 Å². The van der Waals surface area contributed by atoms with Gasteiger partial charge in [0.2, 0.25) is 5.91 Å². The molecule has 0 atom stereocenters. The fourth-order valence-electron chi connectivity index (χ4n) is 2.73. The van der Waals surface area contributed by atoms with Crippen LogP contribution in [-0.4, -0.2) is 43.4 Å². The van der Waals surface area contributed by atoms with Crippen LogP contribution in [0.4, 0.5) is 10.1 Å². The van der Waals surface area contributed by atoms with Gasteiger partial charge in [0, 0.05) is 12.1 Å². The first-order valence-corrected chi connectivity index (χ1v) is 8.11. The van der Waals surface area contributed by atoms with Crippen molar-refractivity contribution >= 4 is 35.0 Å². The Kier molecular flexibility index (Phi) is 5.00. The van der Waals surface area contributed by atoms with Crippen LogP contribution in [0.2, 0.25) is 5.02 Å². The first-order chi connectivity index (χ1) is 12.9. The lowest BCUT2D eigenvalue weighted by atomic mass is 10.1. The topological polar surface area (TPSA) is 84.9 Å². The smallest absolute Gasteiger partial charge is 0.265 e. The van der Waals surface area contributed by atoms with Crippen molar-refractivity contribution in [3.05, 3.63) is 52.3 Å². The maximum absolute atomic E-state index is 13.8. The Balaban J connectivity index is 1.81. The summed E-state index contributed by atoms with van der Waals surface area (Å²) in [6.07, 6.45) is 0. The van der Waals surface area contributed by atoms with E-state index in [1.54, 1.807) is 0 Å². The molecule has 0 saturated carbocycles. The third-order valence-electron chi connectivity index (χ3n) is 4.00. The molecule has 0 saturated heterocycles. The molecule has 0 fully saturated rings. The van der Waals surface area contributed by atoms with Gasteiger partial charge < -0.3 is 14.8 Å². The summed E-state index contributed by atoms with van der Waals surface area (Å²) >= 11 is 6.01. The van der Waals surface area contributed by atoms with Gasteiger partial charge in [-0.1, -0.05) is 17.7 Å². The van der Waals surface area contributed by atoms with Crippen molar-refractivity contribution < 1.29 is 28.2 Å². The summed E-state index contributed by atoms with van der Waals surface area (Å²) in [6, 6.07) is 6.64. The maximum atomic E-state index is 13.8. The second kappa shape index (κ2) is 7.24. The minimum Gasteiger partial charge on any atom is -0.495 e. The number of hydrogen-bond donors (Lipinski definition) is 1. The van der Waals surface area contributed by atoms with Crippen LogP contribution in [0.25, 0.3) is 0 Å². The zero-order valence-electron chi connectivity index (χ0n) is 14.3. The Morgan fingerprint density at radius 3 is 2.48 bits per heavy atom. The number of carbonyl (C=O) groups excluding carboxylic acids is 3. The van der Waals surface area contributed by atoms with Crippen molar-refractivity contribution in [2.24, 2.45) is 0 Å². The Morgan fingerprint density at radius 2 is 1.85 bits per heavy atom. The first-order valence-electron chi connectivity index (χ1n) is 7.73. The molecule has 0 aliphatic carbocycles. The van der Waals surface area contributed by atoms with E-state index in [4.69, 9.17) is 21.1 Å². The lowest BCUT2D eigenvalue weighted by Gasteiger charge is -2.16. The lowest BCUT2D eigenvalue weighted by Crippen LogP contribution is -2.37. The zero-order chi connectivity index (χ0) is 19.7. The number of halogens is 2. The molecule has 0 aromatic heterocycles. The summed E-state index contributed by atoms with van der Waals surface area (Å²) in [7, 11) is 2.80. The molecule has 0 radical (unpaired) electrons. The number of imide groups is 1. The highest BCUT2D eigenvalue weighted by Gasteiger charge is 2.38. The van der Waals surface area contributed by atoms with E-state index in [0.29, 0.717) is 10.6 Å². The largest absolute Gasteiger partial charge is 0.495 e. The van der Waals surface area contributed by atoms with Crippen molar-refractivity contribution in [1.82, 2.24) is 4.90 Å². The molecule has 0 bridgehead atoms. The zero-order valence-corrected chi connectivity index (χ0v) is 15.1. The molecule has 1 aliphatic rings. The SMILES string of the molecule is COc1cc(NC(=O)CN2C(=O)c3cccc(F)c3C2=O)c(OC)cc1Cl. The van der Waals surface area contributed by atoms with Gasteiger partial charge in [0.15, 0.2) is 0 Å². The highest BCUT2D eigenvalue weighted by atomic mass is 35.5. The minimum atomic E-state index is -0.857. The number of carbonyl (C=O) groups is 3. The van der Waals surface area contributed by atoms with Crippen molar-refractivity contribution in [2.75, 3.05) is 26.1 Å². The number of nitrogens with one attached hydrogen (secondary N) is 1. The standard InChI is InChI=1S/C18H14ClFN2O5/c1-26-13-7-12(14(27-2)6-10(13)19)21-15(23)8-22-17(24)9-4-3-5-11(20)16(9)18(22)25/h3-7H,8H2,1-2H3,(H,21,23). The van der Waals surface area contributed by atoms with E-state index in [1.807, 2.05) is 0 Å². The summed E-state index contributed by atoms with van der Waals surface area (Å²) < 4.78 is 24.1. The monoisotopic (exact) mass is 392 g/mol. The van der Waals surface area contributed by atoms with E-state index in [2.05, 4.69) is 5.32 Å². The number of rotatable bonds is 5. The predicted molar refractivity (Wildman–Crippen MR) is 95.0 cm³/mol. The van der Waals surface area contributed by atoms with Crippen LogP contribution in [0.15, 0.2) is 30.3 Å². The molecule has 27 heavy (non-hydrogen) atoms. The Labute approximate surface area is 158 Å². The molecule has 0 unspecified atom stereocenters. The van der Waals surface area contributed by atoms with Crippen molar-refractivity contribution in [3.8, 4) is 11.5 Å². The fourth-order valence-corrected chi connectivity index (χ4v) is 2.96. The van der Waals surface area contributed by atoms with Crippen LogP contribution >= 0.6 is 11.6 Å². The van der Waals surface area contributed by atoms with E-state index < -0.39 is 30.1 Å². The third kappa shape index (κ3) is 3.31. The van der Waals surface area contributed by atoms with Gasteiger partial charge in [0.25, 0.3) is 11.8 Å². The molecule has 3 rings (SSSR count). The normalized spacial score (nSPS) is 12.8. The molecule has 9 heteroatoms. The van der Waals surface area contributed by atoms with Gasteiger partial charge >= 0.3 is 0 Å². The van der Waals surface area contributed by atoms with Crippen LogP contribution in [0.3, 0.4) is 0 Å². The molecule has 1 N–H and O–H groups in total. The number of methoxy groups -OCH3 is 2. The van der Waals surface area contributed by atoms with E-state index >= 15 is 0 Å². The Morgan fingerprint density at radius 1 is 1.15 bits per heavy atom. The highest BCUT2D eigenvalue weighted by molar-refractivity contribution is 6.32. The van der Waals surface area contributed by atoms with Gasteiger partial charge in [0.1, 0.15) is 23.9 Å². The highest BCUT2D eigenvalue weighted by Crippen LogP contribution is 2.36. The molecule has 3 amide bonds. The van der Waals surface area contributed by atoms with E-state index in [-0.39, 0.29) is 27.6 Å². The average Bonchev–Trinajstić information content (AvgIpc) is 2.88. The molecule has 2 aromatic carbocycles. The minimum absolute atomic E-state index is 0.0708. The molecule has 140 valence electrons. The van der Waals surface area contributed by atoms with Gasteiger partial charge in [0.05, 0.1) is 36.1 Å². The molecule has 0 spiro atoms. The molecule has 1 aliphatic heterocycles. The first kappa shape index (κ1) is 18.7. The van der Waals surface area contributed by atoms with Crippen LogP contribution in [0.1, 0.15) is 20.7 Å². The number of fused-ring (bicyclic) bond motifs is 1. The van der Waals surface area contributed by atoms with Gasteiger partial charge in [-0.15, -0.1) is 0 Å². The third-order valence-corrected chi connectivity index (χ3v) is 4.29. The van der Waals surface area contributed by atoms with Crippen LogP contribution in [0.5, 0.6) is 11.5 Å². The molecule has 2 aromatic rings. The molecule has 1 heterocycles. The maximum Gasteiger partial charge on any atom is 0.265 e. The number of hydrogen-bond acceptors (Lipinski definition) is 5. The second-order valence-electron chi connectivity index (χ2n) is 5.59. The average molecular weight is 393 g/mol. The molecular weight excluding hydrogens is 379 g/mol. The van der Waals surface area contributed by atoms with E-state index in [0.717, 1.165) is 6.07 Å². The van der Waals surface area contributed by atoms with Crippen molar-refractivity contribution in [2.45, 2.75) is 0 Å². The summed E-state index contributed by atoms with van der Waals surface area (Å²) in [4.78, 5) is 37.7. The molecular formula is C18H14ClFN2O5. The fraction of sp³-hybridized carbons (Fsp3) is 0.167. The van der Waals surface area contributed by atoms with Crippen LogP contribution in [0, 0.1) is 5.82 Å². The lowest BCUT2D eigenvalue weighted by molar-refractivity contribution is -0.116. The number of nitrogens with zero attached hydrogens (tertiary/aromatic N) is 1. The second-order valence-corrected chi connectivity index (χ2v) is 6.00. The molecule has 7 nitrogen and oxygen atoms in total. The van der Waals surface area contributed by atoms with Gasteiger partial charge in [-0.25, -0.2) is 4.39 Å². The van der Waals surface area contributed by atoms with Crippen LogP contribution in [-0.2, 0) is 4.79 Å². The number of anilines is 1. The number of amides is 3. The summed E-state index contributed by atoms with van der Waals surface area (Å²) in [5.74, 6) is -2.50. The summed E-state index contributed by atoms with van der Waals surface area (Å²) in [5, 5.41) is 2.81. The summed E-state index contributed by atoms with van der Waals surface area (Å²) in [5.41, 5.74) is -0.161. The Hall–Kier alpha value is -3.13.